The molecule has 0 bridgehead atoms. The smallest absolute Gasteiger partial charge is 0.128 e. The van der Waals surface area contributed by atoms with Gasteiger partial charge in [-0.2, -0.15) is 0 Å². The molecular weight excluding hydrogens is 220 g/mol. The number of rotatable bonds is 4. The highest BCUT2D eigenvalue weighted by Crippen LogP contribution is 2.14. The van der Waals surface area contributed by atoms with E-state index in [2.05, 4.69) is 27.5 Å². The molecule has 0 spiro atoms. The molecule has 4 nitrogen and oxygen atoms in total. The molecule has 0 fully saturated rings. The minimum Gasteiger partial charge on any atom is -0.373 e. The number of aryl methyl sites for hydroxylation is 1. The zero-order valence-electron chi connectivity index (χ0n) is 9.32. The molecule has 0 radical (unpaired) electrons. The molecule has 0 aliphatic carbocycles. The number of anilines is 2. The van der Waals surface area contributed by atoms with E-state index in [4.69, 9.17) is 0 Å². The van der Waals surface area contributed by atoms with Gasteiger partial charge in [0, 0.05) is 18.1 Å². The maximum atomic E-state index is 4.37. The quantitative estimate of drug-likeness (QED) is 0.853. The monoisotopic (exact) mass is 234 g/mol. The van der Waals surface area contributed by atoms with Crippen molar-refractivity contribution in [3.8, 4) is 0 Å². The average Bonchev–Trinajstić information content (AvgIpc) is 2.73. The van der Waals surface area contributed by atoms with Crippen LogP contribution in [0, 0.1) is 6.92 Å². The lowest BCUT2D eigenvalue weighted by molar-refractivity contribution is 1.08. The van der Waals surface area contributed by atoms with Gasteiger partial charge in [-0.05, 0) is 19.1 Å². The van der Waals surface area contributed by atoms with Gasteiger partial charge in [0.15, 0.2) is 0 Å². The van der Waals surface area contributed by atoms with Crippen molar-refractivity contribution in [2.45, 2.75) is 13.5 Å². The average molecular weight is 234 g/mol. The summed E-state index contributed by atoms with van der Waals surface area (Å²) in [5.41, 5.74) is 0. The first-order valence-electron chi connectivity index (χ1n) is 5.08. The van der Waals surface area contributed by atoms with E-state index >= 15 is 0 Å². The zero-order chi connectivity index (χ0) is 11.4. The van der Waals surface area contributed by atoms with Crippen molar-refractivity contribution < 1.29 is 0 Å². The van der Waals surface area contributed by atoms with E-state index in [1.807, 2.05) is 31.4 Å². The second-order valence-electron chi connectivity index (χ2n) is 3.38. The fourth-order valence-electron chi connectivity index (χ4n) is 1.32. The molecule has 0 aliphatic heterocycles. The van der Waals surface area contributed by atoms with Crippen molar-refractivity contribution in [1.29, 1.82) is 0 Å². The van der Waals surface area contributed by atoms with Crippen LogP contribution in [0.4, 0.5) is 11.6 Å². The van der Waals surface area contributed by atoms with Crippen molar-refractivity contribution in [3.05, 3.63) is 34.3 Å². The number of hydrogen-bond donors (Lipinski definition) is 2. The second-order valence-corrected chi connectivity index (χ2v) is 4.70. The fourth-order valence-corrected chi connectivity index (χ4v) is 2.05. The maximum Gasteiger partial charge on any atom is 0.128 e. The molecule has 2 aromatic heterocycles. The summed E-state index contributed by atoms with van der Waals surface area (Å²) in [5, 5.41) is 7.33. The molecule has 2 N–H and O–H groups in total. The van der Waals surface area contributed by atoms with Gasteiger partial charge in [0.05, 0.1) is 6.54 Å². The van der Waals surface area contributed by atoms with Crippen LogP contribution in [-0.2, 0) is 6.54 Å². The molecule has 16 heavy (non-hydrogen) atoms. The van der Waals surface area contributed by atoms with Crippen LogP contribution in [0.15, 0.2) is 24.4 Å². The normalized spacial score (nSPS) is 10.1. The van der Waals surface area contributed by atoms with Crippen LogP contribution in [0.2, 0.25) is 0 Å². The first kappa shape index (κ1) is 10.9. The van der Waals surface area contributed by atoms with Crippen molar-refractivity contribution in [1.82, 2.24) is 9.97 Å². The SMILES string of the molecule is CNc1cccc(NCc2ncc(C)s2)n1. The van der Waals surface area contributed by atoms with E-state index in [0.29, 0.717) is 0 Å². The molecule has 0 amide bonds. The number of nitrogens with zero attached hydrogens (tertiary/aromatic N) is 2. The van der Waals surface area contributed by atoms with Crippen LogP contribution >= 0.6 is 11.3 Å². The minimum atomic E-state index is 0.721. The summed E-state index contributed by atoms with van der Waals surface area (Å²) >= 11 is 1.70. The summed E-state index contributed by atoms with van der Waals surface area (Å²) in [7, 11) is 1.86. The van der Waals surface area contributed by atoms with Crippen LogP contribution in [0.5, 0.6) is 0 Å². The van der Waals surface area contributed by atoms with Gasteiger partial charge in [-0.15, -0.1) is 11.3 Å². The molecule has 0 aliphatic rings. The standard InChI is InChI=1S/C11H14N4S/c1-8-6-14-11(16-8)7-13-10-5-3-4-9(12-2)15-10/h3-6H,7H2,1-2H3,(H2,12,13,15). The van der Waals surface area contributed by atoms with Crippen molar-refractivity contribution in [3.63, 3.8) is 0 Å². The predicted octanol–water partition coefficient (Wildman–Crippen LogP) is 2.50. The Kier molecular flexibility index (Phi) is 3.36. The van der Waals surface area contributed by atoms with Gasteiger partial charge in [0.25, 0.3) is 0 Å². The molecule has 0 atom stereocenters. The topological polar surface area (TPSA) is 49.8 Å². The van der Waals surface area contributed by atoms with Crippen LogP contribution in [0.1, 0.15) is 9.88 Å². The summed E-state index contributed by atoms with van der Waals surface area (Å²) in [6, 6.07) is 5.84. The predicted molar refractivity (Wildman–Crippen MR) is 68.0 cm³/mol. The molecular formula is C11H14N4S. The lowest BCUT2D eigenvalue weighted by Gasteiger charge is -2.05. The summed E-state index contributed by atoms with van der Waals surface area (Å²) in [6.07, 6.45) is 1.89. The maximum absolute atomic E-state index is 4.37. The zero-order valence-corrected chi connectivity index (χ0v) is 10.1. The second kappa shape index (κ2) is 4.94. The van der Waals surface area contributed by atoms with Crippen LogP contribution < -0.4 is 10.6 Å². The summed E-state index contributed by atoms with van der Waals surface area (Å²) in [4.78, 5) is 9.88. The summed E-state index contributed by atoms with van der Waals surface area (Å²) < 4.78 is 0. The van der Waals surface area contributed by atoms with E-state index in [1.165, 1.54) is 4.88 Å². The number of hydrogen-bond acceptors (Lipinski definition) is 5. The van der Waals surface area contributed by atoms with Gasteiger partial charge in [0.2, 0.25) is 0 Å². The third-order valence-electron chi connectivity index (χ3n) is 2.10. The first-order valence-corrected chi connectivity index (χ1v) is 5.89. The van der Waals surface area contributed by atoms with Crippen molar-refractivity contribution in [2.24, 2.45) is 0 Å². The highest BCUT2D eigenvalue weighted by atomic mass is 32.1. The molecule has 0 saturated heterocycles. The van der Waals surface area contributed by atoms with E-state index in [0.717, 1.165) is 23.2 Å². The summed E-state index contributed by atoms with van der Waals surface area (Å²) in [5.74, 6) is 1.72. The number of pyridine rings is 1. The van der Waals surface area contributed by atoms with E-state index in [1.54, 1.807) is 11.3 Å². The van der Waals surface area contributed by atoms with Gasteiger partial charge >= 0.3 is 0 Å². The minimum absolute atomic E-state index is 0.721. The lowest BCUT2D eigenvalue weighted by atomic mass is 10.4. The third-order valence-corrected chi connectivity index (χ3v) is 3.01. The largest absolute Gasteiger partial charge is 0.373 e. The van der Waals surface area contributed by atoms with Gasteiger partial charge in [-0.25, -0.2) is 9.97 Å². The first-order chi connectivity index (χ1) is 7.78. The Hall–Kier alpha value is -1.62. The lowest BCUT2D eigenvalue weighted by Crippen LogP contribution is -2.02. The Morgan fingerprint density at radius 2 is 2.12 bits per heavy atom. The van der Waals surface area contributed by atoms with E-state index in [-0.39, 0.29) is 0 Å². The molecule has 0 unspecified atom stereocenters. The van der Waals surface area contributed by atoms with Gasteiger partial charge < -0.3 is 10.6 Å². The highest BCUT2D eigenvalue weighted by Gasteiger charge is 1.99. The van der Waals surface area contributed by atoms with Crippen molar-refractivity contribution >= 4 is 23.0 Å². The Morgan fingerprint density at radius 3 is 2.81 bits per heavy atom. The van der Waals surface area contributed by atoms with Gasteiger partial charge in [-0.3, -0.25) is 0 Å². The number of thiazole rings is 1. The third kappa shape index (κ3) is 2.70. The Morgan fingerprint density at radius 1 is 1.31 bits per heavy atom. The molecule has 0 aromatic carbocycles. The van der Waals surface area contributed by atoms with Gasteiger partial charge in [0.1, 0.15) is 16.6 Å². The fraction of sp³-hybridized carbons (Fsp3) is 0.273. The molecule has 0 saturated carbocycles. The van der Waals surface area contributed by atoms with E-state index in [9.17, 15) is 0 Å². The molecule has 84 valence electrons. The molecule has 2 rings (SSSR count). The Bertz CT molecular complexity index is 467. The summed E-state index contributed by atoms with van der Waals surface area (Å²) in [6.45, 7) is 2.78. The van der Waals surface area contributed by atoms with E-state index < -0.39 is 0 Å². The molecule has 5 heteroatoms. The van der Waals surface area contributed by atoms with Crippen LogP contribution in [0.3, 0.4) is 0 Å². The van der Waals surface area contributed by atoms with Crippen molar-refractivity contribution in [2.75, 3.05) is 17.7 Å². The van der Waals surface area contributed by atoms with Crippen LogP contribution in [-0.4, -0.2) is 17.0 Å². The Balaban J connectivity index is 1.99. The highest BCUT2D eigenvalue weighted by molar-refractivity contribution is 7.11. The molecule has 2 heterocycles. The van der Waals surface area contributed by atoms with Gasteiger partial charge in [-0.1, -0.05) is 6.07 Å². The Labute approximate surface area is 98.8 Å². The number of aromatic nitrogens is 2. The number of nitrogens with one attached hydrogen (secondary N) is 2. The molecule has 2 aromatic rings. The van der Waals surface area contributed by atoms with Crippen LogP contribution in [0.25, 0.3) is 0 Å².